The van der Waals surface area contributed by atoms with Gasteiger partial charge in [0.25, 0.3) is 0 Å². The summed E-state index contributed by atoms with van der Waals surface area (Å²) in [6.07, 6.45) is 7.15. The van der Waals surface area contributed by atoms with E-state index in [1.165, 1.54) is 0 Å². The van der Waals surface area contributed by atoms with Gasteiger partial charge < -0.3 is 5.32 Å². The van der Waals surface area contributed by atoms with Gasteiger partial charge in [-0.2, -0.15) is 5.10 Å². The van der Waals surface area contributed by atoms with E-state index in [1.807, 2.05) is 19.2 Å². The van der Waals surface area contributed by atoms with Gasteiger partial charge in [0.1, 0.15) is 0 Å². The lowest BCUT2D eigenvalue weighted by Gasteiger charge is -2.19. The Morgan fingerprint density at radius 2 is 2.30 bits per heavy atom. The van der Waals surface area contributed by atoms with E-state index in [9.17, 15) is 4.79 Å². The summed E-state index contributed by atoms with van der Waals surface area (Å²) in [5.74, 6) is 0.651. The van der Waals surface area contributed by atoms with Crippen LogP contribution in [0.4, 0.5) is 5.69 Å². The number of amides is 1. The molecule has 0 radical (unpaired) electrons. The number of hydrogen-bond acceptors (Lipinski definition) is 4. The van der Waals surface area contributed by atoms with E-state index >= 15 is 0 Å². The molecule has 3 heterocycles. The van der Waals surface area contributed by atoms with E-state index in [1.54, 1.807) is 29.3 Å². The molecule has 2 aromatic heterocycles. The first-order valence-corrected chi connectivity index (χ1v) is 6.72. The molecule has 0 aliphatic carbocycles. The molecule has 1 fully saturated rings. The summed E-state index contributed by atoms with van der Waals surface area (Å²) in [5, 5.41) is 7.13. The number of likely N-dealkylation sites (N-methyl/N-ethyl adjacent to an activating group) is 1. The van der Waals surface area contributed by atoms with Crippen LogP contribution >= 0.6 is 0 Å². The lowest BCUT2D eigenvalue weighted by atomic mass is 10.2. The number of carbonyl (C=O) groups is 1. The minimum absolute atomic E-state index is 0.0198. The fraction of sp³-hybridized carbons (Fsp3) is 0.357. The third-order valence-corrected chi connectivity index (χ3v) is 3.59. The zero-order valence-corrected chi connectivity index (χ0v) is 11.4. The molecular formula is C14H17N5O. The number of aromatic nitrogens is 3. The van der Waals surface area contributed by atoms with Crippen molar-refractivity contribution in [2.45, 2.75) is 18.9 Å². The molecule has 2 aromatic rings. The lowest BCUT2D eigenvalue weighted by Crippen LogP contribution is -2.37. The van der Waals surface area contributed by atoms with Crippen LogP contribution in [0.2, 0.25) is 0 Å². The number of anilines is 1. The zero-order valence-electron chi connectivity index (χ0n) is 11.4. The Morgan fingerprint density at radius 3 is 3.00 bits per heavy atom. The Hall–Kier alpha value is -2.21. The van der Waals surface area contributed by atoms with Crippen LogP contribution in [0, 0.1) is 0 Å². The van der Waals surface area contributed by atoms with E-state index in [-0.39, 0.29) is 11.9 Å². The second-order valence-corrected chi connectivity index (χ2v) is 4.95. The van der Waals surface area contributed by atoms with Gasteiger partial charge in [0.15, 0.2) is 5.82 Å². The molecule has 1 atom stereocenters. The Morgan fingerprint density at radius 1 is 1.40 bits per heavy atom. The second kappa shape index (κ2) is 5.42. The fourth-order valence-electron chi connectivity index (χ4n) is 2.53. The molecule has 3 rings (SSSR count). The van der Waals surface area contributed by atoms with Crippen LogP contribution in [0.25, 0.3) is 5.82 Å². The Kier molecular flexibility index (Phi) is 3.47. The van der Waals surface area contributed by atoms with Gasteiger partial charge >= 0.3 is 0 Å². The van der Waals surface area contributed by atoms with E-state index in [4.69, 9.17) is 0 Å². The van der Waals surface area contributed by atoms with Gasteiger partial charge in [0, 0.05) is 18.6 Å². The van der Waals surface area contributed by atoms with Crippen LogP contribution in [0.5, 0.6) is 0 Å². The molecule has 0 bridgehead atoms. The molecule has 6 heteroatoms. The molecule has 1 saturated heterocycles. The summed E-state index contributed by atoms with van der Waals surface area (Å²) < 4.78 is 1.65. The normalized spacial score (nSPS) is 19.1. The summed E-state index contributed by atoms with van der Waals surface area (Å²) in [6, 6.07) is 5.42. The van der Waals surface area contributed by atoms with Crippen molar-refractivity contribution in [2.24, 2.45) is 0 Å². The standard InChI is InChI=1S/C14H17N5O/c1-18-9-3-6-12(18)14(20)17-11-5-2-7-15-13(11)19-10-4-8-16-19/h2,4-5,7-8,10,12H,3,6,9H2,1H3,(H,17,20). The molecule has 1 amide bonds. The SMILES string of the molecule is CN1CCCC1C(=O)Nc1cccnc1-n1cccn1. The maximum absolute atomic E-state index is 12.3. The summed E-state index contributed by atoms with van der Waals surface area (Å²) in [7, 11) is 1.98. The molecule has 0 spiro atoms. The van der Waals surface area contributed by atoms with Gasteiger partial charge in [0.2, 0.25) is 5.91 Å². The highest BCUT2D eigenvalue weighted by atomic mass is 16.2. The summed E-state index contributed by atoms with van der Waals surface area (Å²) in [5.41, 5.74) is 0.682. The number of hydrogen-bond donors (Lipinski definition) is 1. The van der Waals surface area contributed by atoms with Gasteiger partial charge in [-0.25, -0.2) is 9.67 Å². The van der Waals surface area contributed by atoms with Crippen LogP contribution in [0.15, 0.2) is 36.8 Å². The molecule has 1 unspecified atom stereocenters. The van der Waals surface area contributed by atoms with E-state index in [2.05, 4.69) is 20.3 Å². The number of rotatable bonds is 3. The van der Waals surface area contributed by atoms with Gasteiger partial charge in [-0.1, -0.05) is 0 Å². The smallest absolute Gasteiger partial charge is 0.241 e. The molecule has 0 aromatic carbocycles. The maximum atomic E-state index is 12.3. The highest BCUT2D eigenvalue weighted by Crippen LogP contribution is 2.20. The number of nitrogens with zero attached hydrogens (tertiary/aromatic N) is 4. The number of likely N-dealkylation sites (tertiary alicyclic amines) is 1. The molecule has 20 heavy (non-hydrogen) atoms. The predicted octanol–water partition coefficient (Wildman–Crippen LogP) is 1.30. The number of carbonyl (C=O) groups excluding carboxylic acids is 1. The molecule has 0 saturated carbocycles. The minimum Gasteiger partial charge on any atom is -0.322 e. The molecular weight excluding hydrogens is 254 g/mol. The number of pyridine rings is 1. The molecule has 1 aliphatic rings. The highest BCUT2D eigenvalue weighted by molar-refractivity contribution is 5.96. The van der Waals surface area contributed by atoms with Crippen molar-refractivity contribution in [1.82, 2.24) is 19.7 Å². The van der Waals surface area contributed by atoms with Crippen molar-refractivity contribution in [3.63, 3.8) is 0 Å². The van der Waals surface area contributed by atoms with Crippen LogP contribution in [-0.2, 0) is 4.79 Å². The average Bonchev–Trinajstić information content (AvgIpc) is 3.10. The zero-order chi connectivity index (χ0) is 13.9. The van der Waals surface area contributed by atoms with Gasteiger partial charge in [-0.3, -0.25) is 9.69 Å². The first kappa shape index (κ1) is 12.8. The second-order valence-electron chi connectivity index (χ2n) is 4.95. The van der Waals surface area contributed by atoms with Crippen LogP contribution in [0.1, 0.15) is 12.8 Å². The van der Waals surface area contributed by atoms with Gasteiger partial charge in [-0.15, -0.1) is 0 Å². The van der Waals surface area contributed by atoms with Crippen molar-refractivity contribution < 1.29 is 4.79 Å². The van der Waals surface area contributed by atoms with Crippen molar-refractivity contribution in [3.8, 4) is 5.82 Å². The van der Waals surface area contributed by atoms with E-state index in [0.29, 0.717) is 11.5 Å². The number of nitrogens with one attached hydrogen (secondary N) is 1. The van der Waals surface area contributed by atoms with Crippen LogP contribution < -0.4 is 5.32 Å². The molecule has 1 aliphatic heterocycles. The Balaban J connectivity index is 1.83. The Labute approximate surface area is 117 Å². The monoisotopic (exact) mass is 271 g/mol. The Bertz CT molecular complexity index is 595. The summed E-state index contributed by atoms with van der Waals surface area (Å²) >= 11 is 0. The predicted molar refractivity (Wildman–Crippen MR) is 75.6 cm³/mol. The third kappa shape index (κ3) is 2.42. The van der Waals surface area contributed by atoms with Crippen molar-refractivity contribution in [2.75, 3.05) is 18.9 Å². The van der Waals surface area contributed by atoms with Crippen LogP contribution in [-0.4, -0.2) is 45.2 Å². The lowest BCUT2D eigenvalue weighted by molar-refractivity contribution is -0.119. The fourth-order valence-corrected chi connectivity index (χ4v) is 2.53. The quantitative estimate of drug-likeness (QED) is 0.914. The average molecular weight is 271 g/mol. The third-order valence-electron chi connectivity index (χ3n) is 3.59. The summed E-state index contributed by atoms with van der Waals surface area (Å²) in [4.78, 5) is 18.7. The first-order chi connectivity index (χ1) is 9.75. The van der Waals surface area contributed by atoms with Crippen molar-refractivity contribution >= 4 is 11.6 Å². The van der Waals surface area contributed by atoms with Crippen molar-refractivity contribution in [3.05, 3.63) is 36.8 Å². The van der Waals surface area contributed by atoms with Crippen LogP contribution in [0.3, 0.4) is 0 Å². The molecule has 6 nitrogen and oxygen atoms in total. The van der Waals surface area contributed by atoms with E-state index in [0.717, 1.165) is 19.4 Å². The molecule has 104 valence electrons. The summed E-state index contributed by atoms with van der Waals surface area (Å²) in [6.45, 7) is 0.969. The minimum atomic E-state index is -0.0549. The van der Waals surface area contributed by atoms with Gasteiger partial charge in [0.05, 0.1) is 11.7 Å². The largest absolute Gasteiger partial charge is 0.322 e. The highest BCUT2D eigenvalue weighted by Gasteiger charge is 2.28. The van der Waals surface area contributed by atoms with E-state index < -0.39 is 0 Å². The maximum Gasteiger partial charge on any atom is 0.241 e. The van der Waals surface area contributed by atoms with Gasteiger partial charge in [-0.05, 0) is 44.6 Å². The topological polar surface area (TPSA) is 63.1 Å². The molecule has 1 N–H and O–H groups in total. The van der Waals surface area contributed by atoms with Crippen molar-refractivity contribution in [1.29, 1.82) is 0 Å². The first-order valence-electron chi connectivity index (χ1n) is 6.72.